The highest BCUT2D eigenvalue weighted by Gasteiger charge is 2.65. The quantitative estimate of drug-likeness (QED) is 0.334. The average Bonchev–Trinajstić information content (AvgIpc) is 3.51. The molecule has 0 N–H and O–H groups in total. The van der Waals surface area contributed by atoms with Gasteiger partial charge in [0.1, 0.15) is 17.8 Å². The van der Waals surface area contributed by atoms with Gasteiger partial charge < -0.3 is 4.42 Å². The number of oxazole rings is 1. The Morgan fingerprint density at radius 3 is 2.71 bits per heavy atom. The van der Waals surface area contributed by atoms with Crippen molar-refractivity contribution in [1.29, 1.82) is 0 Å². The smallest absolute Gasteiger partial charge is 0.246 e. The maximum Gasteiger partial charge on any atom is 0.246 e. The minimum Gasteiger partial charge on any atom is -0.443 e. The zero-order valence-electron chi connectivity index (χ0n) is 21.7. The largest absolute Gasteiger partial charge is 0.443 e. The molecule has 6 rings (SSSR count). The van der Waals surface area contributed by atoms with E-state index < -0.39 is 15.3 Å². The molecule has 0 saturated heterocycles. The van der Waals surface area contributed by atoms with Crippen LogP contribution < -0.4 is 0 Å². The maximum absolute atomic E-state index is 14.8. The number of nitrogens with zero attached hydrogens (tertiary/aromatic N) is 5. The highest BCUT2D eigenvalue weighted by atomic mass is 32.2. The lowest BCUT2D eigenvalue weighted by molar-refractivity contribution is 0.242. The number of hydrogen-bond donors (Lipinski definition) is 0. The molecule has 4 aromatic rings. The highest BCUT2D eigenvalue weighted by molar-refractivity contribution is 7.90. The van der Waals surface area contributed by atoms with Crippen molar-refractivity contribution >= 4 is 9.84 Å². The van der Waals surface area contributed by atoms with Crippen molar-refractivity contribution in [2.75, 3.05) is 5.75 Å². The molecular weight excluding hydrogens is 505 g/mol. The normalized spacial score (nSPS) is 21.6. The van der Waals surface area contributed by atoms with Crippen molar-refractivity contribution in [1.82, 2.24) is 25.1 Å². The van der Waals surface area contributed by atoms with Crippen LogP contribution in [-0.4, -0.2) is 39.3 Å². The van der Waals surface area contributed by atoms with Crippen LogP contribution in [0.3, 0.4) is 0 Å². The van der Waals surface area contributed by atoms with Crippen LogP contribution in [0.2, 0.25) is 0 Å². The predicted molar refractivity (Wildman–Crippen MR) is 139 cm³/mol. The summed E-state index contributed by atoms with van der Waals surface area (Å²) in [5, 5.41) is 9.21. The molecule has 1 fully saturated rings. The average molecular weight is 534 g/mol. The number of rotatable bonds is 6. The number of aromatic nitrogens is 5. The summed E-state index contributed by atoms with van der Waals surface area (Å²) in [5.41, 5.74) is 4.48. The van der Waals surface area contributed by atoms with Crippen LogP contribution in [0.25, 0.3) is 22.8 Å². The minimum absolute atomic E-state index is 0.0297. The van der Waals surface area contributed by atoms with E-state index in [1.165, 1.54) is 12.3 Å². The molecule has 0 aliphatic heterocycles. The van der Waals surface area contributed by atoms with Gasteiger partial charge in [0.15, 0.2) is 9.84 Å². The number of sulfone groups is 1. The number of fused-ring (bicyclic) bond motifs is 5. The van der Waals surface area contributed by atoms with E-state index in [4.69, 9.17) is 14.5 Å². The molecule has 2 bridgehead atoms. The molecule has 196 valence electrons. The monoisotopic (exact) mass is 533 g/mol. The number of benzene rings is 1. The van der Waals surface area contributed by atoms with Gasteiger partial charge in [0.05, 0.1) is 40.1 Å². The van der Waals surface area contributed by atoms with Crippen molar-refractivity contribution in [3.05, 3.63) is 76.9 Å². The Bertz CT molecular complexity index is 1660. The van der Waals surface area contributed by atoms with E-state index in [-0.39, 0.29) is 34.5 Å². The third-order valence-corrected chi connectivity index (χ3v) is 10.1. The summed E-state index contributed by atoms with van der Waals surface area (Å²) in [5.74, 6) is -0.0454. The van der Waals surface area contributed by atoms with Crippen LogP contribution in [0, 0.1) is 18.2 Å². The lowest BCUT2D eigenvalue weighted by Crippen LogP contribution is -2.38. The number of aryl methyl sites for hydroxylation is 1. The molecule has 8 nitrogen and oxygen atoms in total. The minimum atomic E-state index is -3.25. The molecule has 1 saturated carbocycles. The van der Waals surface area contributed by atoms with E-state index in [2.05, 4.69) is 28.9 Å². The van der Waals surface area contributed by atoms with Gasteiger partial charge in [-0.1, -0.05) is 32.9 Å². The molecule has 38 heavy (non-hydrogen) atoms. The zero-order chi connectivity index (χ0) is 26.9. The Hall–Kier alpha value is -3.53. The standard InChI is InChI=1S/C28H28FN5O3S/c1-5-38(35,36)15-17-14-37-26(31-17)22-12-30-13-23(32-22)28-10-9-19(27(28,3)4)18-11-21(33-34-25(18)28)24-16(2)7-6-8-20(24)29/h6-8,11-14,19H,5,9-10,15H2,1-4H3/t19-,28-/m0/s1. The van der Waals surface area contributed by atoms with E-state index >= 15 is 0 Å². The number of hydrogen-bond acceptors (Lipinski definition) is 8. The van der Waals surface area contributed by atoms with Crippen LogP contribution in [0.4, 0.5) is 4.39 Å². The van der Waals surface area contributed by atoms with Crippen LogP contribution in [0.15, 0.2) is 47.3 Å². The van der Waals surface area contributed by atoms with E-state index in [1.807, 2.05) is 19.1 Å². The van der Waals surface area contributed by atoms with Crippen LogP contribution in [0.5, 0.6) is 0 Å². The molecule has 1 aromatic carbocycles. The lowest BCUT2D eigenvalue weighted by atomic mass is 9.66. The first kappa shape index (κ1) is 24.8. The maximum atomic E-state index is 14.8. The molecule has 0 radical (unpaired) electrons. The van der Waals surface area contributed by atoms with Gasteiger partial charge in [-0.2, -0.15) is 10.2 Å². The van der Waals surface area contributed by atoms with Gasteiger partial charge in [-0.3, -0.25) is 4.98 Å². The van der Waals surface area contributed by atoms with Gasteiger partial charge in [-0.25, -0.2) is 22.8 Å². The van der Waals surface area contributed by atoms with Gasteiger partial charge in [0.25, 0.3) is 0 Å². The molecule has 2 aliphatic carbocycles. The summed E-state index contributed by atoms with van der Waals surface area (Å²) in [6, 6.07) is 7.01. The van der Waals surface area contributed by atoms with E-state index in [0.717, 1.165) is 35.4 Å². The topological polar surface area (TPSA) is 112 Å². The Labute approximate surface area is 220 Å². The Kier molecular flexibility index (Phi) is 5.54. The summed E-state index contributed by atoms with van der Waals surface area (Å²) >= 11 is 0. The summed E-state index contributed by atoms with van der Waals surface area (Å²) in [6.07, 6.45) is 6.44. The van der Waals surface area contributed by atoms with Crippen molar-refractivity contribution in [3.8, 4) is 22.8 Å². The van der Waals surface area contributed by atoms with Crippen LogP contribution in [-0.2, 0) is 21.0 Å². The van der Waals surface area contributed by atoms with Crippen molar-refractivity contribution in [2.45, 2.75) is 57.6 Å². The lowest BCUT2D eigenvalue weighted by Gasteiger charge is -2.37. The Morgan fingerprint density at radius 2 is 1.95 bits per heavy atom. The fourth-order valence-corrected chi connectivity index (χ4v) is 7.25. The van der Waals surface area contributed by atoms with Gasteiger partial charge in [0, 0.05) is 17.5 Å². The molecular formula is C28H28FN5O3S. The van der Waals surface area contributed by atoms with E-state index in [1.54, 1.807) is 25.4 Å². The summed E-state index contributed by atoms with van der Waals surface area (Å²) < 4.78 is 44.4. The molecule has 0 spiro atoms. The van der Waals surface area contributed by atoms with Gasteiger partial charge in [-0.15, -0.1) is 0 Å². The second kappa shape index (κ2) is 8.49. The first-order valence-corrected chi connectivity index (χ1v) is 14.5. The van der Waals surface area contributed by atoms with Crippen LogP contribution >= 0.6 is 0 Å². The van der Waals surface area contributed by atoms with Crippen LogP contribution in [0.1, 0.15) is 67.7 Å². The van der Waals surface area contributed by atoms with Crippen molar-refractivity contribution in [3.63, 3.8) is 0 Å². The predicted octanol–water partition coefficient (Wildman–Crippen LogP) is 5.17. The summed E-state index contributed by atoms with van der Waals surface area (Å²) in [6.45, 7) is 7.91. The van der Waals surface area contributed by atoms with Gasteiger partial charge in [-0.05, 0) is 54.4 Å². The fourth-order valence-electron chi connectivity index (χ4n) is 6.46. The molecule has 3 aromatic heterocycles. The molecule has 2 aliphatic rings. The first-order valence-electron chi connectivity index (χ1n) is 12.7. The zero-order valence-corrected chi connectivity index (χ0v) is 22.5. The fraction of sp³-hybridized carbons (Fsp3) is 0.393. The number of halogens is 1. The molecule has 2 atom stereocenters. The Balaban J connectivity index is 1.43. The van der Waals surface area contributed by atoms with E-state index in [0.29, 0.717) is 22.6 Å². The first-order chi connectivity index (χ1) is 18.1. The molecule has 10 heteroatoms. The third kappa shape index (κ3) is 3.53. The summed E-state index contributed by atoms with van der Waals surface area (Å²) in [4.78, 5) is 13.8. The highest BCUT2D eigenvalue weighted by Crippen LogP contribution is 2.69. The van der Waals surface area contributed by atoms with Crippen molar-refractivity contribution in [2.24, 2.45) is 5.41 Å². The summed E-state index contributed by atoms with van der Waals surface area (Å²) in [7, 11) is -3.25. The van der Waals surface area contributed by atoms with Crippen molar-refractivity contribution < 1.29 is 17.2 Å². The van der Waals surface area contributed by atoms with E-state index in [9.17, 15) is 12.8 Å². The molecule has 0 unspecified atom stereocenters. The Morgan fingerprint density at radius 1 is 1.13 bits per heavy atom. The SMILES string of the molecule is CCS(=O)(=O)Cc1coc(-c2cncc([C@@]34CC[C@@H](c5cc(-c6c(C)cccc6F)nnc53)C4(C)C)n2)n1. The third-order valence-electron chi connectivity index (χ3n) is 8.51. The molecule has 0 amide bonds. The van der Waals surface area contributed by atoms with Gasteiger partial charge >= 0.3 is 0 Å². The molecule has 3 heterocycles. The second-order valence-corrected chi connectivity index (χ2v) is 13.1. The second-order valence-electron chi connectivity index (χ2n) is 10.8. The van der Waals surface area contributed by atoms with Gasteiger partial charge in [0.2, 0.25) is 5.89 Å².